The van der Waals surface area contributed by atoms with E-state index in [0.29, 0.717) is 0 Å². The number of imide groups is 1. The maximum Gasteiger partial charge on any atom is 0.323 e. The lowest BCUT2D eigenvalue weighted by Crippen LogP contribution is -2.47. The van der Waals surface area contributed by atoms with Crippen LogP contribution in [0.2, 0.25) is 0 Å². The number of carbonyl (C=O) groups excluding carboxylic acids is 3. The fourth-order valence-electron chi connectivity index (χ4n) is 2.55. The van der Waals surface area contributed by atoms with Gasteiger partial charge in [0.1, 0.15) is 6.04 Å². The molecule has 3 atom stereocenters. The van der Waals surface area contributed by atoms with Gasteiger partial charge in [-0.15, -0.1) is 0 Å². The zero-order valence-corrected chi connectivity index (χ0v) is 10.3. The summed E-state index contributed by atoms with van der Waals surface area (Å²) < 4.78 is 4.66. The summed E-state index contributed by atoms with van der Waals surface area (Å²) in [6, 6.07) is -1.32. The first-order chi connectivity index (χ1) is 8.45. The Labute approximate surface area is 104 Å². The number of esters is 1. The van der Waals surface area contributed by atoms with Crippen LogP contribution in [0.3, 0.4) is 0 Å². The maximum atomic E-state index is 11.9. The molecule has 2 amide bonds. The summed E-state index contributed by atoms with van der Waals surface area (Å²) in [6.07, 6.45) is -0.396. The van der Waals surface area contributed by atoms with Crippen molar-refractivity contribution in [1.82, 2.24) is 9.80 Å². The van der Waals surface area contributed by atoms with Gasteiger partial charge in [0, 0.05) is 20.0 Å². The van der Waals surface area contributed by atoms with Gasteiger partial charge in [0.25, 0.3) is 0 Å². The van der Waals surface area contributed by atoms with Gasteiger partial charge < -0.3 is 9.84 Å². The Hall–Kier alpha value is -1.47. The first-order valence-corrected chi connectivity index (χ1v) is 5.77. The number of β-amino-alcohol motifs (C(OH)–C–C–N with tert-alkyl or cyclic N) is 1. The van der Waals surface area contributed by atoms with Gasteiger partial charge in [-0.3, -0.25) is 24.2 Å². The van der Waals surface area contributed by atoms with Crippen molar-refractivity contribution >= 4 is 17.8 Å². The minimum absolute atomic E-state index is 0.0511. The van der Waals surface area contributed by atoms with E-state index in [4.69, 9.17) is 0 Å². The van der Waals surface area contributed by atoms with E-state index in [-0.39, 0.29) is 31.2 Å². The van der Waals surface area contributed by atoms with Crippen LogP contribution in [0.25, 0.3) is 0 Å². The highest BCUT2D eigenvalue weighted by Gasteiger charge is 2.48. The SMILES string of the molecule is COC(=O)C1CC(O)CN1C1CC(=O)N(C)C1=O. The first-order valence-electron chi connectivity index (χ1n) is 5.77. The Morgan fingerprint density at radius 2 is 2.11 bits per heavy atom. The molecule has 2 aliphatic rings. The molecule has 7 nitrogen and oxygen atoms in total. The minimum Gasteiger partial charge on any atom is -0.468 e. The molecule has 18 heavy (non-hydrogen) atoms. The molecule has 0 aliphatic carbocycles. The average Bonchev–Trinajstić information content (AvgIpc) is 2.84. The number of hydrogen-bond donors (Lipinski definition) is 1. The number of carbonyl (C=O) groups is 3. The molecule has 0 spiro atoms. The Morgan fingerprint density at radius 3 is 2.61 bits per heavy atom. The summed E-state index contributed by atoms with van der Waals surface area (Å²) in [6.45, 7) is 0.206. The number of likely N-dealkylation sites (tertiary alicyclic amines) is 2. The first kappa shape index (κ1) is 13.0. The van der Waals surface area contributed by atoms with Crippen LogP contribution in [0, 0.1) is 0 Å². The summed E-state index contributed by atoms with van der Waals surface area (Å²) in [7, 11) is 2.68. The van der Waals surface area contributed by atoms with Crippen LogP contribution >= 0.6 is 0 Å². The second kappa shape index (κ2) is 4.66. The zero-order chi connectivity index (χ0) is 13.4. The van der Waals surface area contributed by atoms with E-state index in [2.05, 4.69) is 4.74 Å². The molecule has 1 N–H and O–H groups in total. The Balaban J connectivity index is 2.19. The number of likely N-dealkylation sites (N-methyl/N-ethyl adjacent to an activating group) is 1. The molecule has 2 fully saturated rings. The molecule has 7 heteroatoms. The fraction of sp³-hybridized carbons (Fsp3) is 0.727. The van der Waals surface area contributed by atoms with Crippen molar-refractivity contribution in [3.05, 3.63) is 0 Å². The van der Waals surface area contributed by atoms with Crippen molar-refractivity contribution in [2.75, 3.05) is 20.7 Å². The molecule has 0 aromatic rings. The predicted octanol–water partition coefficient (Wildman–Crippen LogP) is -1.65. The second-order valence-electron chi connectivity index (χ2n) is 4.64. The van der Waals surface area contributed by atoms with Crippen molar-refractivity contribution in [2.24, 2.45) is 0 Å². The van der Waals surface area contributed by atoms with Crippen LogP contribution in [0.15, 0.2) is 0 Å². The van der Waals surface area contributed by atoms with Crippen molar-refractivity contribution in [2.45, 2.75) is 31.0 Å². The number of nitrogens with zero attached hydrogens (tertiary/aromatic N) is 2. The zero-order valence-electron chi connectivity index (χ0n) is 10.3. The Kier molecular flexibility index (Phi) is 3.36. The van der Waals surface area contributed by atoms with E-state index in [1.807, 2.05) is 0 Å². The maximum absolute atomic E-state index is 11.9. The minimum atomic E-state index is -0.678. The number of ether oxygens (including phenoxy) is 1. The number of methoxy groups -OCH3 is 1. The van der Waals surface area contributed by atoms with Crippen molar-refractivity contribution < 1.29 is 24.2 Å². The largest absolute Gasteiger partial charge is 0.468 e. The van der Waals surface area contributed by atoms with E-state index >= 15 is 0 Å². The van der Waals surface area contributed by atoms with Gasteiger partial charge >= 0.3 is 5.97 Å². The van der Waals surface area contributed by atoms with E-state index in [9.17, 15) is 19.5 Å². The summed E-state index contributed by atoms with van der Waals surface area (Å²) in [5, 5.41) is 9.63. The monoisotopic (exact) mass is 256 g/mol. The Morgan fingerprint density at radius 1 is 1.44 bits per heavy atom. The summed E-state index contributed by atoms with van der Waals surface area (Å²) in [4.78, 5) is 37.6. The second-order valence-corrected chi connectivity index (χ2v) is 4.64. The Bertz CT molecular complexity index is 397. The number of aliphatic hydroxyl groups is 1. The van der Waals surface area contributed by atoms with E-state index < -0.39 is 24.2 Å². The standard InChI is InChI=1S/C11H16N2O5/c1-12-9(15)4-7(10(12)16)13-5-6(14)3-8(13)11(17)18-2/h6-8,14H,3-5H2,1-2H3. The topological polar surface area (TPSA) is 87.2 Å². The molecule has 0 radical (unpaired) electrons. The molecule has 2 saturated heterocycles. The molecule has 3 unspecified atom stereocenters. The van der Waals surface area contributed by atoms with Gasteiger partial charge in [-0.25, -0.2) is 0 Å². The van der Waals surface area contributed by atoms with E-state index in [1.54, 1.807) is 4.90 Å². The summed E-state index contributed by atoms with van der Waals surface area (Å²) >= 11 is 0. The molecule has 2 heterocycles. The van der Waals surface area contributed by atoms with Crippen LogP contribution in [0.5, 0.6) is 0 Å². The quantitative estimate of drug-likeness (QED) is 0.470. The molecule has 0 aromatic heterocycles. The molecule has 100 valence electrons. The molecule has 0 aromatic carbocycles. The van der Waals surface area contributed by atoms with Crippen LogP contribution in [0.1, 0.15) is 12.8 Å². The lowest BCUT2D eigenvalue weighted by atomic mass is 10.1. The molecule has 2 aliphatic heterocycles. The molecule has 0 saturated carbocycles. The van der Waals surface area contributed by atoms with Crippen molar-refractivity contribution in [3.8, 4) is 0 Å². The van der Waals surface area contributed by atoms with Gasteiger partial charge in [-0.1, -0.05) is 0 Å². The third-order valence-electron chi connectivity index (χ3n) is 3.55. The number of aliphatic hydroxyl groups excluding tert-OH is 1. The van der Waals surface area contributed by atoms with Crippen LogP contribution in [-0.4, -0.2) is 71.6 Å². The van der Waals surface area contributed by atoms with Gasteiger partial charge in [-0.05, 0) is 0 Å². The number of rotatable bonds is 2. The highest BCUT2D eigenvalue weighted by molar-refractivity contribution is 6.05. The lowest BCUT2D eigenvalue weighted by Gasteiger charge is -2.26. The van der Waals surface area contributed by atoms with Crippen molar-refractivity contribution in [1.29, 1.82) is 0 Å². The summed E-state index contributed by atoms with van der Waals surface area (Å²) in [5.74, 6) is -1.08. The average molecular weight is 256 g/mol. The number of hydrogen-bond acceptors (Lipinski definition) is 6. The van der Waals surface area contributed by atoms with Crippen LogP contribution in [0.4, 0.5) is 0 Å². The fourth-order valence-corrected chi connectivity index (χ4v) is 2.55. The molecular formula is C11H16N2O5. The highest BCUT2D eigenvalue weighted by atomic mass is 16.5. The molecular weight excluding hydrogens is 240 g/mol. The lowest BCUT2D eigenvalue weighted by molar-refractivity contribution is -0.147. The van der Waals surface area contributed by atoms with Crippen molar-refractivity contribution in [3.63, 3.8) is 0 Å². The van der Waals surface area contributed by atoms with E-state index in [0.717, 1.165) is 4.90 Å². The predicted molar refractivity (Wildman–Crippen MR) is 59.3 cm³/mol. The van der Waals surface area contributed by atoms with Gasteiger partial charge in [0.2, 0.25) is 11.8 Å². The number of amides is 2. The molecule has 0 bridgehead atoms. The molecule has 2 rings (SSSR count). The smallest absolute Gasteiger partial charge is 0.323 e. The third kappa shape index (κ3) is 1.99. The summed E-state index contributed by atoms with van der Waals surface area (Å²) in [5.41, 5.74) is 0. The third-order valence-corrected chi connectivity index (χ3v) is 3.55. The van der Waals surface area contributed by atoms with Gasteiger partial charge in [0.15, 0.2) is 0 Å². The van der Waals surface area contributed by atoms with Crippen LogP contribution < -0.4 is 0 Å². The highest BCUT2D eigenvalue weighted by Crippen LogP contribution is 2.27. The van der Waals surface area contributed by atoms with Crippen LogP contribution in [-0.2, 0) is 19.1 Å². The van der Waals surface area contributed by atoms with Gasteiger partial charge in [-0.2, -0.15) is 0 Å². The van der Waals surface area contributed by atoms with E-state index in [1.165, 1.54) is 14.2 Å². The van der Waals surface area contributed by atoms with Gasteiger partial charge in [0.05, 0.1) is 25.7 Å². The normalized spacial score (nSPS) is 33.3.